The molecule has 4 nitrogen and oxygen atoms in total. The van der Waals surface area contributed by atoms with Crippen molar-refractivity contribution in [3.8, 4) is 0 Å². The van der Waals surface area contributed by atoms with Gasteiger partial charge in [0, 0.05) is 0 Å². The number of hydrogen-bond acceptors (Lipinski definition) is 4. The highest BCUT2D eigenvalue weighted by Gasteiger charge is 2.12. The van der Waals surface area contributed by atoms with E-state index in [1.54, 1.807) is 0 Å². The molecule has 0 amide bonds. The summed E-state index contributed by atoms with van der Waals surface area (Å²) in [6.45, 7) is 2.36. The Morgan fingerprint density at radius 1 is 0.759 bits per heavy atom. The Kier molecular flexibility index (Phi) is 9.28. The van der Waals surface area contributed by atoms with E-state index < -0.39 is 23.6 Å². The van der Waals surface area contributed by atoms with Crippen LogP contribution in [0.25, 0.3) is 0 Å². The average molecular weight is 404 g/mol. The minimum Gasteiger partial charge on any atom is -0.462 e. The van der Waals surface area contributed by atoms with Crippen LogP contribution in [-0.4, -0.2) is 18.5 Å². The summed E-state index contributed by atoms with van der Waals surface area (Å²) in [5, 5.41) is 0. The van der Waals surface area contributed by atoms with E-state index in [2.05, 4.69) is 6.92 Å². The molecule has 0 heterocycles. The quantitative estimate of drug-likeness (QED) is 0.349. The molecule has 0 bridgehead atoms. The molecular formula is C23H26F2O4. The maximum atomic E-state index is 13.2. The molecule has 0 radical (unpaired) electrons. The maximum Gasteiger partial charge on any atom is 0.338 e. The van der Waals surface area contributed by atoms with Gasteiger partial charge in [-0.1, -0.05) is 45.1 Å². The number of unbranched alkanes of at least 4 members (excludes halogenated alkanes) is 5. The fraction of sp³-hybridized carbons (Fsp3) is 0.391. The number of carbonyl (C=O) groups excluding carboxylic acids is 2. The highest BCUT2D eigenvalue weighted by atomic mass is 19.2. The van der Waals surface area contributed by atoms with E-state index in [-0.39, 0.29) is 12.2 Å². The summed E-state index contributed by atoms with van der Waals surface area (Å²) in [6, 6.07) is 9.23. The summed E-state index contributed by atoms with van der Waals surface area (Å²) in [5.41, 5.74) is 0.945. The first-order valence-electron chi connectivity index (χ1n) is 9.89. The Morgan fingerprint density at radius 2 is 1.34 bits per heavy atom. The zero-order valence-corrected chi connectivity index (χ0v) is 16.6. The average Bonchev–Trinajstić information content (AvgIpc) is 2.73. The summed E-state index contributed by atoms with van der Waals surface area (Å²) >= 11 is 0. The lowest BCUT2D eigenvalue weighted by atomic mass is 10.1. The van der Waals surface area contributed by atoms with Crippen LogP contribution in [0.3, 0.4) is 0 Å². The SMILES string of the molecule is CCCCCCCCOC(=O)c1ccc(C(=O)OCc2ccc(F)c(F)c2)cc1. The lowest BCUT2D eigenvalue weighted by Gasteiger charge is -2.07. The summed E-state index contributed by atoms with van der Waals surface area (Å²) in [5.74, 6) is -3.01. The predicted molar refractivity (Wildman–Crippen MR) is 106 cm³/mol. The molecular weight excluding hydrogens is 378 g/mol. The second kappa shape index (κ2) is 11.9. The molecule has 156 valence electrons. The molecule has 2 rings (SSSR count). The highest BCUT2D eigenvalue weighted by molar-refractivity contribution is 5.93. The Labute approximate surface area is 169 Å². The molecule has 6 heteroatoms. The fourth-order valence-corrected chi connectivity index (χ4v) is 2.73. The zero-order valence-electron chi connectivity index (χ0n) is 16.6. The third-order valence-corrected chi connectivity index (χ3v) is 4.44. The van der Waals surface area contributed by atoms with Gasteiger partial charge in [0.1, 0.15) is 6.61 Å². The van der Waals surface area contributed by atoms with E-state index >= 15 is 0 Å². The van der Waals surface area contributed by atoms with Gasteiger partial charge in [-0.3, -0.25) is 0 Å². The summed E-state index contributed by atoms with van der Waals surface area (Å²) in [6.07, 6.45) is 6.66. The molecule has 0 atom stereocenters. The minimum atomic E-state index is -0.998. The molecule has 0 aliphatic rings. The number of halogens is 2. The van der Waals surface area contributed by atoms with Gasteiger partial charge in [0.05, 0.1) is 17.7 Å². The second-order valence-electron chi connectivity index (χ2n) is 6.81. The third kappa shape index (κ3) is 7.64. The van der Waals surface area contributed by atoms with Gasteiger partial charge in [0.25, 0.3) is 0 Å². The van der Waals surface area contributed by atoms with Gasteiger partial charge in [-0.15, -0.1) is 0 Å². The Morgan fingerprint density at radius 3 is 1.97 bits per heavy atom. The standard InChI is InChI=1S/C23H26F2O4/c1-2-3-4-5-6-7-14-28-22(26)18-9-11-19(12-10-18)23(27)29-16-17-8-13-20(24)21(25)15-17/h8-13,15H,2-7,14,16H2,1H3. The van der Waals surface area contributed by atoms with Crippen molar-refractivity contribution in [1.82, 2.24) is 0 Å². The number of ether oxygens (including phenoxy) is 2. The lowest BCUT2D eigenvalue weighted by molar-refractivity contribution is 0.0466. The zero-order chi connectivity index (χ0) is 21.1. The van der Waals surface area contributed by atoms with Crippen LogP contribution in [-0.2, 0) is 16.1 Å². The van der Waals surface area contributed by atoms with E-state index in [0.29, 0.717) is 17.7 Å². The van der Waals surface area contributed by atoms with Crippen LogP contribution in [0.4, 0.5) is 8.78 Å². The van der Waals surface area contributed by atoms with Crippen LogP contribution in [0, 0.1) is 11.6 Å². The number of carbonyl (C=O) groups is 2. The van der Waals surface area contributed by atoms with E-state index in [1.807, 2.05) is 0 Å². The molecule has 0 aromatic heterocycles. The monoisotopic (exact) mass is 404 g/mol. The smallest absolute Gasteiger partial charge is 0.338 e. The van der Waals surface area contributed by atoms with Gasteiger partial charge in [-0.2, -0.15) is 0 Å². The van der Waals surface area contributed by atoms with Crippen LogP contribution in [0.2, 0.25) is 0 Å². The van der Waals surface area contributed by atoms with Crippen LogP contribution >= 0.6 is 0 Å². The highest BCUT2D eigenvalue weighted by Crippen LogP contribution is 2.13. The van der Waals surface area contributed by atoms with E-state index in [9.17, 15) is 18.4 Å². The number of benzene rings is 2. The summed E-state index contributed by atoms with van der Waals surface area (Å²) in [7, 11) is 0. The molecule has 0 fully saturated rings. The van der Waals surface area contributed by atoms with Crippen molar-refractivity contribution in [3.63, 3.8) is 0 Å². The van der Waals surface area contributed by atoms with E-state index in [0.717, 1.165) is 31.4 Å². The van der Waals surface area contributed by atoms with Gasteiger partial charge >= 0.3 is 11.9 Å². The Balaban J connectivity index is 1.75. The topological polar surface area (TPSA) is 52.6 Å². The molecule has 0 unspecified atom stereocenters. The number of hydrogen-bond donors (Lipinski definition) is 0. The molecule has 0 N–H and O–H groups in total. The second-order valence-corrected chi connectivity index (χ2v) is 6.81. The normalized spacial score (nSPS) is 10.6. The van der Waals surface area contributed by atoms with Crippen LogP contribution in [0.1, 0.15) is 71.7 Å². The molecule has 29 heavy (non-hydrogen) atoms. The summed E-state index contributed by atoms with van der Waals surface area (Å²) < 4.78 is 36.4. The van der Waals surface area contributed by atoms with Gasteiger partial charge in [-0.25, -0.2) is 18.4 Å². The van der Waals surface area contributed by atoms with Crippen LogP contribution in [0.15, 0.2) is 42.5 Å². The van der Waals surface area contributed by atoms with Crippen molar-refractivity contribution in [1.29, 1.82) is 0 Å². The Bertz CT molecular complexity index is 803. The van der Waals surface area contributed by atoms with E-state index in [1.165, 1.54) is 49.6 Å². The molecule has 2 aromatic rings. The van der Waals surface area contributed by atoms with Crippen LogP contribution in [0.5, 0.6) is 0 Å². The fourth-order valence-electron chi connectivity index (χ4n) is 2.73. The molecule has 0 spiro atoms. The van der Waals surface area contributed by atoms with Gasteiger partial charge in [0.15, 0.2) is 11.6 Å². The first-order chi connectivity index (χ1) is 14.0. The number of esters is 2. The lowest BCUT2D eigenvalue weighted by Crippen LogP contribution is -2.08. The molecule has 2 aromatic carbocycles. The molecule has 0 aliphatic heterocycles. The van der Waals surface area contributed by atoms with Crippen molar-refractivity contribution < 1.29 is 27.8 Å². The number of rotatable bonds is 11. The van der Waals surface area contributed by atoms with Gasteiger partial charge < -0.3 is 9.47 Å². The van der Waals surface area contributed by atoms with Gasteiger partial charge in [0.2, 0.25) is 0 Å². The maximum absolute atomic E-state index is 13.2. The van der Waals surface area contributed by atoms with E-state index in [4.69, 9.17) is 9.47 Å². The van der Waals surface area contributed by atoms with Crippen molar-refractivity contribution in [2.75, 3.05) is 6.61 Å². The van der Waals surface area contributed by atoms with Crippen LogP contribution < -0.4 is 0 Å². The van der Waals surface area contributed by atoms with Gasteiger partial charge in [-0.05, 0) is 48.4 Å². The van der Waals surface area contributed by atoms with Crippen molar-refractivity contribution >= 4 is 11.9 Å². The largest absolute Gasteiger partial charge is 0.462 e. The third-order valence-electron chi connectivity index (χ3n) is 4.44. The minimum absolute atomic E-state index is 0.182. The molecule has 0 aliphatic carbocycles. The first-order valence-corrected chi connectivity index (χ1v) is 9.89. The van der Waals surface area contributed by atoms with Crippen molar-refractivity contribution in [3.05, 3.63) is 70.8 Å². The van der Waals surface area contributed by atoms with Crippen molar-refractivity contribution in [2.45, 2.75) is 52.1 Å². The predicted octanol–water partition coefficient (Wildman–Crippen LogP) is 5.84. The molecule has 0 saturated carbocycles. The molecule has 0 saturated heterocycles. The summed E-state index contributed by atoms with van der Waals surface area (Å²) in [4.78, 5) is 24.1. The first kappa shape index (κ1) is 22.5. The van der Waals surface area contributed by atoms with Crippen molar-refractivity contribution in [2.24, 2.45) is 0 Å². The Hall–Kier alpha value is -2.76.